The lowest BCUT2D eigenvalue weighted by atomic mass is 10.0. The number of hydrogen-bond acceptors (Lipinski definition) is 3. The molecule has 1 aliphatic carbocycles. The molecule has 1 aromatic carbocycles. The van der Waals surface area contributed by atoms with E-state index in [-0.39, 0.29) is 11.3 Å². The maximum atomic E-state index is 12.5. The minimum atomic E-state index is -0.309. The molecule has 2 N–H and O–H groups in total. The van der Waals surface area contributed by atoms with Gasteiger partial charge in [-0.15, -0.1) is 0 Å². The molecule has 0 heterocycles. The lowest BCUT2D eigenvalue weighted by Crippen LogP contribution is -2.38. The number of carbonyl (C=O) groups excluding carboxylic acids is 1. The molecule has 0 unspecified atom stereocenters. The molecule has 0 atom stereocenters. The van der Waals surface area contributed by atoms with Crippen LogP contribution in [-0.2, 0) is 4.79 Å². The smallest absolute Gasteiger partial charge is 0.234 e. The van der Waals surface area contributed by atoms with Crippen LogP contribution in [0.15, 0.2) is 12.1 Å². The quantitative estimate of drug-likeness (QED) is 0.903. The molecule has 0 bridgehead atoms. The van der Waals surface area contributed by atoms with Crippen LogP contribution in [0.1, 0.15) is 24.0 Å². The number of ether oxygens (including phenoxy) is 1. The summed E-state index contributed by atoms with van der Waals surface area (Å²) in [5.41, 5.74) is 8.39. The highest BCUT2D eigenvalue weighted by atomic mass is 16.5. The van der Waals surface area contributed by atoms with Crippen molar-refractivity contribution in [2.24, 2.45) is 11.1 Å². The first-order valence-corrected chi connectivity index (χ1v) is 6.58. The first-order chi connectivity index (χ1) is 8.95. The van der Waals surface area contributed by atoms with Crippen LogP contribution in [-0.4, -0.2) is 26.6 Å². The van der Waals surface area contributed by atoms with Gasteiger partial charge in [-0.3, -0.25) is 4.79 Å². The predicted molar refractivity (Wildman–Crippen MR) is 76.6 cm³/mol. The Morgan fingerprint density at radius 3 is 2.26 bits per heavy atom. The summed E-state index contributed by atoms with van der Waals surface area (Å²) in [6.45, 7) is 4.41. The average molecular weight is 262 g/mol. The first kappa shape index (κ1) is 13.9. The van der Waals surface area contributed by atoms with Crippen LogP contribution in [0.25, 0.3) is 0 Å². The van der Waals surface area contributed by atoms with Crippen molar-refractivity contribution in [2.45, 2.75) is 26.7 Å². The molecular weight excluding hydrogens is 240 g/mol. The summed E-state index contributed by atoms with van der Waals surface area (Å²) in [6.07, 6.45) is 1.81. The van der Waals surface area contributed by atoms with Crippen LogP contribution in [0.5, 0.6) is 5.75 Å². The first-order valence-electron chi connectivity index (χ1n) is 6.58. The number of rotatable bonds is 4. The number of anilines is 1. The normalized spacial score (nSPS) is 16.1. The molecule has 1 amide bonds. The van der Waals surface area contributed by atoms with E-state index in [0.29, 0.717) is 6.54 Å². The van der Waals surface area contributed by atoms with Gasteiger partial charge in [-0.05, 0) is 49.9 Å². The lowest BCUT2D eigenvalue weighted by molar-refractivity contribution is -0.123. The Labute approximate surface area is 114 Å². The highest BCUT2D eigenvalue weighted by Crippen LogP contribution is 2.46. The van der Waals surface area contributed by atoms with Crippen LogP contribution >= 0.6 is 0 Å². The Morgan fingerprint density at radius 1 is 1.37 bits per heavy atom. The zero-order valence-electron chi connectivity index (χ0n) is 12.1. The summed E-state index contributed by atoms with van der Waals surface area (Å²) in [5, 5.41) is 0. The Kier molecular flexibility index (Phi) is 3.54. The van der Waals surface area contributed by atoms with E-state index in [1.54, 1.807) is 12.0 Å². The summed E-state index contributed by atoms with van der Waals surface area (Å²) >= 11 is 0. The van der Waals surface area contributed by atoms with Crippen molar-refractivity contribution in [3.05, 3.63) is 23.3 Å². The second kappa shape index (κ2) is 4.85. The third-order valence-corrected chi connectivity index (χ3v) is 4.04. The topological polar surface area (TPSA) is 55.6 Å². The van der Waals surface area contributed by atoms with Crippen molar-refractivity contribution >= 4 is 11.6 Å². The number of nitrogens with two attached hydrogens (primary N) is 1. The number of carbonyl (C=O) groups is 1. The molecule has 19 heavy (non-hydrogen) atoms. The van der Waals surface area contributed by atoms with E-state index in [9.17, 15) is 4.79 Å². The Morgan fingerprint density at radius 2 is 1.89 bits per heavy atom. The summed E-state index contributed by atoms with van der Waals surface area (Å²) in [4.78, 5) is 14.2. The van der Waals surface area contributed by atoms with Gasteiger partial charge in [0.2, 0.25) is 5.91 Å². The van der Waals surface area contributed by atoms with E-state index < -0.39 is 0 Å². The van der Waals surface area contributed by atoms with Crippen LogP contribution in [0.3, 0.4) is 0 Å². The molecule has 0 spiro atoms. The maximum Gasteiger partial charge on any atom is 0.234 e. The van der Waals surface area contributed by atoms with Gasteiger partial charge in [-0.2, -0.15) is 0 Å². The minimum Gasteiger partial charge on any atom is -0.496 e. The van der Waals surface area contributed by atoms with E-state index in [0.717, 1.165) is 35.4 Å². The van der Waals surface area contributed by atoms with Gasteiger partial charge < -0.3 is 15.4 Å². The van der Waals surface area contributed by atoms with Gasteiger partial charge in [0.25, 0.3) is 0 Å². The van der Waals surface area contributed by atoms with Crippen molar-refractivity contribution in [1.29, 1.82) is 0 Å². The van der Waals surface area contributed by atoms with Crippen molar-refractivity contribution in [3.8, 4) is 5.75 Å². The van der Waals surface area contributed by atoms with E-state index in [1.807, 2.05) is 33.0 Å². The summed E-state index contributed by atoms with van der Waals surface area (Å²) in [5.74, 6) is 1.00. The van der Waals surface area contributed by atoms with Gasteiger partial charge in [-0.1, -0.05) is 0 Å². The van der Waals surface area contributed by atoms with Gasteiger partial charge in [0, 0.05) is 19.3 Å². The summed E-state index contributed by atoms with van der Waals surface area (Å²) < 4.78 is 5.35. The van der Waals surface area contributed by atoms with E-state index >= 15 is 0 Å². The number of aryl methyl sites for hydroxylation is 2. The highest BCUT2D eigenvalue weighted by Gasteiger charge is 2.50. The number of benzene rings is 1. The molecule has 104 valence electrons. The Bertz CT molecular complexity index is 484. The van der Waals surface area contributed by atoms with Gasteiger partial charge in [0.1, 0.15) is 5.75 Å². The number of hydrogen-bond donors (Lipinski definition) is 1. The predicted octanol–water partition coefficient (Wildman–Crippen LogP) is 2.01. The van der Waals surface area contributed by atoms with Gasteiger partial charge in [-0.25, -0.2) is 0 Å². The monoisotopic (exact) mass is 262 g/mol. The second-order valence-corrected chi connectivity index (χ2v) is 5.46. The molecule has 4 nitrogen and oxygen atoms in total. The van der Waals surface area contributed by atoms with E-state index in [2.05, 4.69) is 0 Å². The molecule has 2 rings (SSSR count). The van der Waals surface area contributed by atoms with Crippen molar-refractivity contribution in [2.75, 3.05) is 25.6 Å². The molecular formula is C15H22N2O2. The van der Waals surface area contributed by atoms with Crippen molar-refractivity contribution in [1.82, 2.24) is 0 Å². The fourth-order valence-corrected chi connectivity index (χ4v) is 2.57. The van der Waals surface area contributed by atoms with E-state index in [1.165, 1.54) is 0 Å². The number of amides is 1. The standard InChI is InChI=1S/C15H22N2O2/c1-10-7-12(8-11(2)13(10)19-4)17(3)14(18)15(9-16)5-6-15/h7-8H,5-6,9,16H2,1-4H3. The van der Waals surface area contributed by atoms with Gasteiger partial charge in [0.15, 0.2) is 0 Å². The highest BCUT2D eigenvalue weighted by molar-refractivity contribution is 5.99. The zero-order valence-corrected chi connectivity index (χ0v) is 12.1. The third kappa shape index (κ3) is 2.32. The molecule has 1 aromatic rings. The molecule has 0 aromatic heterocycles. The second-order valence-electron chi connectivity index (χ2n) is 5.46. The molecule has 0 saturated heterocycles. The largest absolute Gasteiger partial charge is 0.496 e. The summed E-state index contributed by atoms with van der Waals surface area (Å²) in [7, 11) is 3.48. The summed E-state index contributed by atoms with van der Waals surface area (Å²) in [6, 6.07) is 3.96. The number of nitrogens with zero attached hydrogens (tertiary/aromatic N) is 1. The Hall–Kier alpha value is -1.55. The van der Waals surface area contributed by atoms with Crippen LogP contribution in [0.4, 0.5) is 5.69 Å². The minimum absolute atomic E-state index is 0.124. The van der Waals surface area contributed by atoms with Crippen LogP contribution in [0.2, 0.25) is 0 Å². The Balaban J connectivity index is 2.30. The molecule has 1 fully saturated rings. The third-order valence-electron chi connectivity index (χ3n) is 4.04. The van der Waals surface area contributed by atoms with Crippen LogP contribution < -0.4 is 15.4 Å². The molecule has 1 aliphatic rings. The lowest BCUT2D eigenvalue weighted by Gasteiger charge is -2.24. The number of methoxy groups -OCH3 is 1. The molecule has 0 aliphatic heterocycles. The fraction of sp³-hybridized carbons (Fsp3) is 0.533. The zero-order chi connectivity index (χ0) is 14.2. The van der Waals surface area contributed by atoms with E-state index in [4.69, 9.17) is 10.5 Å². The average Bonchev–Trinajstić information content (AvgIpc) is 3.17. The van der Waals surface area contributed by atoms with Crippen molar-refractivity contribution in [3.63, 3.8) is 0 Å². The maximum absolute atomic E-state index is 12.5. The fourth-order valence-electron chi connectivity index (χ4n) is 2.57. The van der Waals surface area contributed by atoms with Crippen molar-refractivity contribution < 1.29 is 9.53 Å². The molecule has 0 radical (unpaired) electrons. The van der Waals surface area contributed by atoms with Crippen LogP contribution in [0, 0.1) is 19.3 Å². The SMILES string of the molecule is COc1c(C)cc(N(C)C(=O)C2(CN)CC2)cc1C. The molecule has 4 heteroatoms. The van der Waals surface area contributed by atoms with Gasteiger partial charge in [0.05, 0.1) is 12.5 Å². The molecule has 1 saturated carbocycles. The van der Waals surface area contributed by atoms with Gasteiger partial charge >= 0.3 is 0 Å².